The van der Waals surface area contributed by atoms with E-state index >= 15 is 0 Å². The van der Waals surface area contributed by atoms with Gasteiger partial charge in [0.25, 0.3) is 5.92 Å². The Morgan fingerprint density at radius 1 is 1.21 bits per heavy atom. The molecule has 0 radical (unpaired) electrons. The molecule has 0 unspecified atom stereocenters. The highest BCUT2D eigenvalue weighted by atomic mass is 19.3. The van der Waals surface area contributed by atoms with E-state index < -0.39 is 5.92 Å². The molecule has 0 aromatic heterocycles. The molecule has 1 saturated heterocycles. The molecule has 0 bridgehead atoms. The molecule has 1 fully saturated rings. The van der Waals surface area contributed by atoms with Crippen molar-refractivity contribution >= 4 is 0 Å². The van der Waals surface area contributed by atoms with E-state index in [9.17, 15) is 8.78 Å². The molecular formula is C11H21F2N. The first-order chi connectivity index (χ1) is 6.60. The van der Waals surface area contributed by atoms with Gasteiger partial charge in [-0.25, -0.2) is 8.78 Å². The van der Waals surface area contributed by atoms with Gasteiger partial charge in [0.05, 0.1) is 0 Å². The molecule has 3 heteroatoms. The summed E-state index contributed by atoms with van der Waals surface area (Å²) >= 11 is 0. The monoisotopic (exact) mass is 205 g/mol. The van der Waals surface area contributed by atoms with E-state index in [1.807, 2.05) is 0 Å². The highest BCUT2D eigenvalue weighted by Crippen LogP contribution is 2.35. The number of alkyl halides is 2. The third kappa shape index (κ3) is 2.91. The van der Waals surface area contributed by atoms with Gasteiger partial charge < -0.3 is 4.90 Å². The summed E-state index contributed by atoms with van der Waals surface area (Å²) in [5, 5.41) is 0. The zero-order chi connectivity index (χ0) is 10.6. The number of rotatable bonds is 4. The van der Waals surface area contributed by atoms with Gasteiger partial charge in [-0.05, 0) is 38.9 Å². The first-order valence-electron chi connectivity index (χ1n) is 5.70. The lowest BCUT2D eigenvalue weighted by molar-refractivity contribution is -0.0809. The molecule has 1 nitrogen and oxygen atoms in total. The van der Waals surface area contributed by atoms with Gasteiger partial charge in [-0.2, -0.15) is 0 Å². The molecule has 1 rings (SSSR count). The summed E-state index contributed by atoms with van der Waals surface area (Å²) in [4.78, 5) is 2.29. The second kappa shape index (κ2) is 5.06. The number of nitrogens with zero attached hydrogens (tertiary/aromatic N) is 1. The standard InChI is InChI=1S/C11H21F2N/c1-3-7-14-8-5-10(6-9-14)11(12,13)4-2/h10H,3-9H2,1-2H3. The highest BCUT2D eigenvalue weighted by molar-refractivity contribution is 4.81. The lowest BCUT2D eigenvalue weighted by Gasteiger charge is -2.35. The van der Waals surface area contributed by atoms with Crippen LogP contribution in [0.15, 0.2) is 0 Å². The fourth-order valence-electron chi connectivity index (χ4n) is 2.18. The Kier molecular flexibility index (Phi) is 4.30. The normalized spacial score (nSPS) is 21.4. The Bertz CT molecular complexity index is 163. The second-order valence-corrected chi connectivity index (χ2v) is 4.23. The minimum Gasteiger partial charge on any atom is -0.303 e. The van der Waals surface area contributed by atoms with Crippen molar-refractivity contribution in [2.24, 2.45) is 5.92 Å². The van der Waals surface area contributed by atoms with Crippen molar-refractivity contribution < 1.29 is 8.78 Å². The third-order valence-electron chi connectivity index (χ3n) is 3.20. The van der Waals surface area contributed by atoms with Crippen molar-refractivity contribution in [3.8, 4) is 0 Å². The molecule has 0 saturated carbocycles. The fraction of sp³-hybridized carbons (Fsp3) is 1.00. The van der Waals surface area contributed by atoms with Crippen LogP contribution in [0.5, 0.6) is 0 Å². The van der Waals surface area contributed by atoms with Crippen LogP contribution in [-0.4, -0.2) is 30.5 Å². The smallest absolute Gasteiger partial charge is 0.250 e. The summed E-state index contributed by atoms with van der Waals surface area (Å²) in [7, 11) is 0. The average molecular weight is 205 g/mol. The van der Waals surface area contributed by atoms with Crippen LogP contribution in [0, 0.1) is 5.92 Å². The maximum atomic E-state index is 13.3. The van der Waals surface area contributed by atoms with Gasteiger partial charge in [0.1, 0.15) is 0 Å². The average Bonchev–Trinajstić information content (AvgIpc) is 2.19. The summed E-state index contributed by atoms with van der Waals surface area (Å²) in [5.74, 6) is -2.81. The quantitative estimate of drug-likeness (QED) is 0.681. The van der Waals surface area contributed by atoms with Gasteiger partial charge in [-0.15, -0.1) is 0 Å². The van der Waals surface area contributed by atoms with E-state index in [0.29, 0.717) is 12.8 Å². The van der Waals surface area contributed by atoms with E-state index in [1.165, 1.54) is 0 Å². The van der Waals surface area contributed by atoms with E-state index in [1.54, 1.807) is 6.92 Å². The van der Waals surface area contributed by atoms with Crippen molar-refractivity contribution in [1.29, 1.82) is 0 Å². The molecule has 0 amide bonds. The molecule has 0 aromatic carbocycles. The number of hydrogen-bond donors (Lipinski definition) is 0. The fourth-order valence-corrected chi connectivity index (χ4v) is 2.18. The van der Waals surface area contributed by atoms with Gasteiger partial charge >= 0.3 is 0 Å². The van der Waals surface area contributed by atoms with Crippen molar-refractivity contribution in [2.45, 2.75) is 45.5 Å². The molecule has 0 aliphatic carbocycles. The van der Waals surface area contributed by atoms with Crippen LogP contribution in [0.2, 0.25) is 0 Å². The summed E-state index contributed by atoms with van der Waals surface area (Å²) < 4.78 is 26.7. The van der Waals surface area contributed by atoms with Gasteiger partial charge in [0.15, 0.2) is 0 Å². The summed E-state index contributed by atoms with van der Waals surface area (Å²) in [6.45, 7) is 6.48. The lowest BCUT2D eigenvalue weighted by Crippen LogP contribution is -2.40. The predicted octanol–water partition coefficient (Wildman–Crippen LogP) is 3.15. The van der Waals surface area contributed by atoms with Crippen LogP contribution in [0.25, 0.3) is 0 Å². The Morgan fingerprint density at radius 3 is 2.21 bits per heavy atom. The number of piperidine rings is 1. The van der Waals surface area contributed by atoms with Crippen LogP contribution in [0.3, 0.4) is 0 Å². The Morgan fingerprint density at radius 2 is 1.79 bits per heavy atom. The van der Waals surface area contributed by atoms with Crippen LogP contribution in [0.1, 0.15) is 39.5 Å². The van der Waals surface area contributed by atoms with Crippen LogP contribution < -0.4 is 0 Å². The Balaban J connectivity index is 2.35. The van der Waals surface area contributed by atoms with Gasteiger partial charge in [0.2, 0.25) is 0 Å². The summed E-state index contributed by atoms with van der Waals surface area (Å²) in [5.41, 5.74) is 0. The zero-order valence-electron chi connectivity index (χ0n) is 9.23. The molecule has 14 heavy (non-hydrogen) atoms. The van der Waals surface area contributed by atoms with Crippen molar-refractivity contribution in [2.75, 3.05) is 19.6 Å². The van der Waals surface area contributed by atoms with Crippen LogP contribution in [0.4, 0.5) is 8.78 Å². The topological polar surface area (TPSA) is 3.24 Å². The Hall–Kier alpha value is -0.180. The zero-order valence-corrected chi connectivity index (χ0v) is 9.23. The van der Waals surface area contributed by atoms with Gasteiger partial charge in [-0.1, -0.05) is 13.8 Å². The Labute approximate surface area is 85.5 Å². The molecule has 1 aliphatic heterocycles. The van der Waals surface area contributed by atoms with Crippen molar-refractivity contribution in [3.05, 3.63) is 0 Å². The van der Waals surface area contributed by atoms with Gasteiger partial charge in [0, 0.05) is 12.3 Å². The van der Waals surface area contributed by atoms with Gasteiger partial charge in [-0.3, -0.25) is 0 Å². The molecular weight excluding hydrogens is 184 g/mol. The van der Waals surface area contributed by atoms with E-state index in [4.69, 9.17) is 0 Å². The predicted molar refractivity (Wildman–Crippen MR) is 54.7 cm³/mol. The number of likely N-dealkylation sites (tertiary alicyclic amines) is 1. The maximum absolute atomic E-state index is 13.3. The first-order valence-corrected chi connectivity index (χ1v) is 5.70. The van der Waals surface area contributed by atoms with Crippen molar-refractivity contribution in [3.63, 3.8) is 0 Å². The largest absolute Gasteiger partial charge is 0.303 e. The SMILES string of the molecule is CCCN1CCC(C(F)(F)CC)CC1. The van der Waals surface area contributed by atoms with E-state index in [-0.39, 0.29) is 12.3 Å². The molecule has 0 aromatic rings. The minimum atomic E-state index is -2.43. The lowest BCUT2D eigenvalue weighted by atomic mass is 9.89. The third-order valence-corrected chi connectivity index (χ3v) is 3.20. The maximum Gasteiger partial charge on any atom is 0.250 e. The summed E-state index contributed by atoms with van der Waals surface area (Å²) in [6, 6.07) is 0. The van der Waals surface area contributed by atoms with E-state index in [2.05, 4.69) is 11.8 Å². The van der Waals surface area contributed by atoms with Crippen LogP contribution >= 0.6 is 0 Å². The van der Waals surface area contributed by atoms with E-state index in [0.717, 1.165) is 26.1 Å². The highest BCUT2D eigenvalue weighted by Gasteiger charge is 2.38. The molecule has 0 spiro atoms. The minimum absolute atomic E-state index is 0.00849. The molecule has 1 aliphatic rings. The molecule has 0 N–H and O–H groups in total. The number of halogens is 2. The first kappa shape index (κ1) is 11.9. The van der Waals surface area contributed by atoms with Crippen molar-refractivity contribution in [1.82, 2.24) is 4.90 Å². The van der Waals surface area contributed by atoms with Crippen LogP contribution in [-0.2, 0) is 0 Å². The molecule has 84 valence electrons. The molecule has 1 heterocycles. The number of hydrogen-bond acceptors (Lipinski definition) is 1. The summed E-state index contributed by atoms with van der Waals surface area (Å²) in [6.07, 6.45) is 2.45. The molecule has 0 atom stereocenters. The second-order valence-electron chi connectivity index (χ2n) is 4.23.